The van der Waals surface area contributed by atoms with Crippen LogP contribution in [-0.2, 0) is 9.59 Å². The van der Waals surface area contributed by atoms with Crippen LogP contribution in [0.15, 0.2) is 36.4 Å². The van der Waals surface area contributed by atoms with Gasteiger partial charge in [-0.1, -0.05) is 24.3 Å². The van der Waals surface area contributed by atoms with E-state index >= 15 is 0 Å². The number of benzene rings is 1. The van der Waals surface area contributed by atoms with E-state index in [1.807, 2.05) is 0 Å². The summed E-state index contributed by atoms with van der Waals surface area (Å²) < 4.78 is 0. The minimum Gasteiger partial charge on any atom is -0.356 e. The fourth-order valence-electron chi connectivity index (χ4n) is 4.25. The Morgan fingerprint density at radius 2 is 2.00 bits per heavy atom. The number of para-hydroxylation sites is 1. The first-order valence-electron chi connectivity index (χ1n) is 9.26. The highest BCUT2D eigenvalue weighted by molar-refractivity contribution is 6.09. The van der Waals surface area contributed by atoms with Crippen molar-refractivity contribution in [2.24, 2.45) is 17.8 Å². The summed E-state index contributed by atoms with van der Waals surface area (Å²) in [5, 5.41) is 8.47. The maximum absolute atomic E-state index is 12.3. The monoisotopic (exact) mass is 353 g/mol. The maximum atomic E-state index is 12.3. The zero-order valence-corrected chi connectivity index (χ0v) is 14.5. The molecule has 1 aromatic carbocycles. The molecule has 1 aromatic rings. The number of hydrogen-bond donors (Lipinski definition) is 3. The number of hydrogen-bond acceptors (Lipinski definition) is 3. The zero-order chi connectivity index (χ0) is 18.1. The van der Waals surface area contributed by atoms with Gasteiger partial charge in [-0.15, -0.1) is 0 Å². The Morgan fingerprint density at radius 1 is 1.15 bits per heavy atom. The molecule has 4 rings (SSSR count). The van der Waals surface area contributed by atoms with Crippen molar-refractivity contribution in [3.05, 3.63) is 42.0 Å². The lowest BCUT2D eigenvalue weighted by Gasteiger charge is -2.19. The largest absolute Gasteiger partial charge is 0.356 e. The second kappa shape index (κ2) is 6.94. The normalized spacial score (nSPS) is 28.9. The minimum atomic E-state index is -0.703. The molecule has 136 valence electrons. The molecule has 26 heavy (non-hydrogen) atoms. The smallest absolute Gasteiger partial charge is 0.254 e. The predicted octanol–water partition coefficient (Wildman–Crippen LogP) is 1.85. The van der Waals surface area contributed by atoms with Crippen LogP contribution in [0.1, 0.15) is 36.0 Å². The summed E-state index contributed by atoms with van der Waals surface area (Å²) >= 11 is 0. The standard InChI is InChI=1S/C20H23N3O3/c24-18(21-11-14-10-12-5-6-13(14)9-12)8-7-17-20(26)22-16-4-2-1-3-15(16)19(25)23-17/h1-6,12-14,17H,7-11H2,(H,21,24)(H,22,26)(H,23,25)/t12-,13-,14+,17-/m1/s1. The van der Waals surface area contributed by atoms with Gasteiger partial charge in [0.2, 0.25) is 11.8 Å². The third kappa shape index (κ3) is 3.36. The van der Waals surface area contributed by atoms with Gasteiger partial charge in [-0.25, -0.2) is 0 Å². The summed E-state index contributed by atoms with van der Waals surface area (Å²) in [6.45, 7) is 0.693. The van der Waals surface area contributed by atoms with E-state index in [1.54, 1.807) is 24.3 Å². The first-order valence-corrected chi connectivity index (χ1v) is 9.26. The molecule has 0 radical (unpaired) electrons. The first kappa shape index (κ1) is 16.8. The van der Waals surface area contributed by atoms with Gasteiger partial charge in [0.1, 0.15) is 6.04 Å². The van der Waals surface area contributed by atoms with E-state index in [2.05, 4.69) is 28.1 Å². The van der Waals surface area contributed by atoms with Crippen molar-refractivity contribution in [3.8, 4) is 0 Å². The second-order valence-electron chi connectivity index (χ2n) is 7.44. The number of fused-ring (bicyclic) bond motifs is 3. The molecule has 3 amide bonds. The molecular weight excluding hydrogens is 330 g/mol. The number of amides is 3. The van der Waals surface area contributed by atoms with Gasteiger partial charge in [0.05, 0.1) is 11.3 Å². The number of nitrogens with one attached hydrogen (secondary N) is 3. The van der Waals surface area contributed by atoms with Gasteiger partial charge in [0, 0.05) is 13.0 Å². The number of rotatable bonds is 5. The summed E-state index contributed by atoms with van der Waals surface area (Å²) in [4.78, 5) is 36.8. The van der Waals surface area contributed by atoms with Crippen LogP contribution in [0, 0.1) is 17.8 Å². The van der Waals surface area contributed by atoms with Gasteiger partial charge < -0.3 is 16.0 Å². The van der Waals surface area contributed by atoms with E-state index in [0.29, 0.717) is 35.5 Å². The highest BCUT2D eigenvalue weighted by atomic mass is 16.2. The fraction of sp³-hybridized carbons (Fsp3) is 0.450. The van der Waals surface area contributed by atoms with E-state index in [-0.39, 0.29) is 30.6 Å². The summed E-state index contributed by atoms with van der Waals surface area (Å²) in [6.07, 6.45) is 7.43. The Labute approximate surface area is 152 Å². The lowest BCUT2D eigenvalue weighted by Crippen LogP contribution is -2.42. The van der Waals surface area contributed by atoms with Crippen LogP contribution in [0.5, 0.6) is 0 Å². The quantitative estimate of drug-likeness (QED) is 0.706. The number of allylic oxidation sites excluding steroid dienone is 2. The zero-order valence-electron chi connectivity index (χ0n) is 14.5. The summed E-state index contributed by atoms with van der Waals surface area (Å²) in [7, 11) is 0. The Kier molecular flexibility index (Phi) is 4.49. The second-order valence-corrected chi connectivity index (χ2v) is 7.44. The van der Waals surface area contributed by atoms with E-state index in [9.17, 15) is 14.4 Å². The molecule has 2 aliphatic carbocycles. The van der Waals surface area contributed by atoms with Crippen LogP contribution in [-0.4, -0.2) is 30.3 Å². The molecule has 1 aliphatic heterocycles. The van der Waals surface area contributed by atoms with Gasteiger partial charge in [-0.05, 0) is 49.1 Å². The van der Waals surface area contributed by atoms with Gasteiger partial charge >= 0.3 is 0 Å². The van der Waals surface area contributed by atoms with Crippen molar-refractivity contribution < 1.29 is 14.4 Å². The molecule has 3 aliphatic rings. The molecule has 0 saturated heterocycles. The lowest BCUT2D eigenvalue weighted by molar-refractivity contribution is -0.122. The molecule has 1 fully saturated rings. The van der Waals surface area contributed by atoms with E-state index in [1.165, 1.54) is 6.42 Å². The van der Waals surface area contributed by atoms with Gasteiger partial charge in [0.15, 0.2) is 0 Å². The summed E-state index contributed by atoms with van der Waals surface area (Å²) in [6, 6.07) is 6.19. The number of anilines is 1. The van der Waals surface area contributed by atoms with Crippen LogP contribution in [0.2, 0.25) is 0 Å². The molecule has 4 atom stereocenters. The Hall–Kier alpha value is -2.63. The fourth-order valence-corrected chi connectivity index (χ4v) is 4.25. The molecule has 0 spiro atoms. The molecule has 3 N–H and O–H groups in total. The molecule has 6 heteroatoms. The first-order chi connectivity index (χ1) is 12.6. The van der Waals surface area contributed by atoms with Crippen LogP contribution >= 0.6 is 0 Å². The highest BCUT2D eigenvalue weighted by Crippen LogP contribution is 2.42. The summed E-state index contributed by atoms with van der Waals surface area (Å²) in [5.74, 6) is 1.18. The summed E-state index contributed by atoms with van der Waals surface area (Å²) in [5.41, 5.74) is 0.948. The number of carbonyl (C=O) groups is 3. The van der Waals surface area contributed by atoms with Crippen molar-refractivity contribution in [3.63, 3.8) is 0 Å². The van der Waals surface area contributed by atoms with Crippen molar-refractivity contribution in [2.45, 2.75) is 31.7 Å². The van der Waals surface area contributed by atoms with Crippen LogP contribution in [0.25, 0.3) is 0 Å². The van der Waals surface area contributed by atoms with E-state index < -0.39 is 6.04 Å². The van der Waals surface area contributed by atoms with Gasteiger partial charge in [-0.2, -0.15) is 0 Å². The van der Waals surface area contributed by atoms with Crippen molar-refractivity contribution >= 4 is 23.4 Å². The molecule has 6 nitrogen and oxygen atoms in total. The van der Waals surface area contributed by atoms with E-state index in [0.717, 1.165) is 6.42 Å². The van der Waals surface area contributed by atoms with Gasteiger partial charge in [0.25, 0.3) is 5.91 Å². The average Bonchev–Trinajstić information content (AvgIpc) is 3.23. The third-order valence-electron chi connectivity index (χ3n) is 5.69. The topological polar surface area (TPSA) is 87.3 Å². The molecule has 1 saturated carbocycles. The predicted molar refractivity (Wildman–Crippen MR) is 97.4 cm³/mol. The SMILES string of the molecule is O=C(CC[C@H]1NC(=O)c2ccccc2NC1=O)NC[C@@H]1C[C@@H]2C=C[C@@H]1C2. The molecular formula is C20H23N3O3. The maximum Gasteiger partial charge on any atom is 0.254 e. The molecule has 0 unspecified atom stereocenters. The lowest BCUT2D eigenvalue weighted by atomic mass is 9.93. The average molecular weight is 353 g/mol. The van der Waals surface area contributed by atoms with Gasteiger partial charge in [-0.3, -0.25) is 14.4 Å². The van der Waals surface area contributed by atoms with Crippen LogP contribution in [0.4, 0.5) is 5.69 Å². The van der Waals surface area contributed by atoms with Crippen LogP contribution < -0.4 is 16.0 Å². The molecule has 0 aromatic heterocycles. The third-order valence-corrected chi connectivity index (χ3v) is 5.69. The Morgan fingerprint density at radius 3 is 2.77 bits per heavy atom. The van der Waals surface area contributed by atoms with Crippen molar-refractivity contribution in [1.82, 2.24) is 10.6 Å². The minimum absolute atomic E-state index is 0.0689. The highest BCUT2D eigenvalue weighted by Gasteiger charge is 2.35. The van der Waals surface area contributed by atoms with E-state index in [4.69, 9.17) is 0 Å². The Bertz CT molecular complexity index is 773. The van der Waals surface area contributed by atoms with Crippen molar-refractivity contribution in [1.29, 1.82) is 0 Å². The molecule has 1 heterocycles. The van der Waals surface area contributed by atoms with Crippen molar-refractivity contribution in [2.75, 3.05) is 11.9 Å². The molecule has 2 bridgehead atoms. The Balaban J connectivity index is 1.27. The van der Waals surface area contributed by atoms with Crippen LogP contribution in [0.3, 0.4) is 0 Å². The number of carbonyl (C=O) groups excluding carboxylic acids is 3.